The van der Waals surface area contributed by atoms with Gasteiger partial charge in [-0.3, -0.25) is 9.59 Å². The normalized spacial score (nSPS) is 42.0. The second-order valence-corrected chi connectivity index (χ2v) is 10.9. The number of ketones is 1. The van der Waals surface area contributed by atoms with E-state index in [-0.39, 0.29) is 22.2 Å². The lowest BCUT2D eigenvalue weighted by molar-refractivity contribution is -0.142. The number of allylic oxidation sites excluding steroid dienone is 3. The molecule has 0 bridgehead atoms. The molecular weight excluding hydrogens is 360 g/mol. The first kappa shape index (κ1) is 20.9. The molecule has 5 atom stereocenters. The predicted octanol–water partition coefficient (Wildman–Crippen LogP) is 6.03. The molecule has 0 N–H and O–H groups in total. The highest BCUT2D eigenvalue weighted by molar-refractivity contribution is 5.89. The van der Waals surface area contributed by atoms with E-state index in [1.165, 1.54) is 30.4 Å². The van der Waals surface area contributed by atoms with Crippen molar-refractivity contribution in [1.29, 1.82) is 0 Å². The molecule has 3 fully saturated rings. The summed E-state index contributed by atoms with van der Waals surface area (Å²) in [5.41, 5.74) is 3.04. The Morgan fingerprint density at radius 2 is 1.83 bits per heavy atom. The summed E-state index contributed by atoms with van der Waals surface area (Å²) in [5.74, 6) is 2.42. The maximum Gasteiger partial charge on any atom is 0.309 e. The van der Waals surface area contributed by atoms with E-state index in [4.69, 9.17) is 4.74 Å². The van der Waals surface area contributed by atoms with E-state index in [1.54, 1.807) is 0 Å². The molecule has 0 aromatic rings. The summed E-state index contributed by atoms with van der Waals surface area (Å²) in [5, 5.41) is 0. The monoisotopic (exact) mass is 398 g/mol. The summed E-state index contributed by atoms with van der Waals surface area (Å²) in [6, 6.07) is 0. The molecule has 4 aliphatic rings. The van der Waals surface area contributed by atoms with Gasteiger partial charge in [-0.05, 0) is 87.9 Å². The third-order valence-electron chi connectivity index (χ3n) is 9.38. The number of carbonyl (C=O) groups is 2. The van der Waals surface area contributed by atoms with Crippen molar-refractivity contribution in [2.75, 3.05) is 6.61 Å². The lowest BCUT2D eigenvalue weighted by Crippen LogP contribution is -2.53. The lowest BCUT2D eigenvalue weighted by atomic mass is 9.45. The van der Waals surface area contributed by atoms with Gasteiger partial charge in [0.25, 0.3) is 0 Å². The third-order valence-corrected chi connectivity index (χ3v) is 9.38. The number of esters is 1. The van der Waals surface area contributed by atoms with Gasteiger partial charge in [-0.25, -0.2) is 0 Å². The van der Waals surface area contributed by atoms with Crippen LogP contribution in [0, 0.1) is 34.0 Å². The minimum absolute atomic E-state index is 0.104. The zero-order valence-electron chi connectivity index (χ0n) is 19.0. The third kappa shape index (κ3) is 3.06. The van der Waals surface area contributed by atoms with Crippen molar-refractivity contribution < 1.29 is 14.3 Å². The van der Waals surface area contributed by atoms with Crippen molar-refractivity contribution in [2.45, 2.75) is 86.0 Å². The van der Waals surface area contributed by atoms with Gasteiger partial charge in [0.15, 0.2) is 0 Å². The summed E-state index contributed by atoms with van der Waals surface area (Å²) in [6.45, 7) is 11.5. The molecule has 0 radical (unpaired) electrons. The summed E-state index contributed by atoms with van der Waals surface area (Å²) in [7, 11) is 0. The Bertz CT molecular complexity index is 773. The average Bonchev–Trinajstić information content (AvgIpc) is 3.00. The molecule has 0 aromatic heterocycles. The molecular formula is C26H38O3. The van der Waals surface area contributed by atoms with Crippen LogP contribution in [0.1, 0.15) is 86.0 Å². The molecule has 0 spiro atoms. The molecule has 4 rings (SSSR count). The van der Waals surface area contributed by atoms with Crippen LogP contribution in [-0.4, -0.2) is 18.4 Å². The number of ether oxygens (including phenoxy) is 1. The molecule has 0 amide bonds. The largest absolute Gasteiger partial charge is 0.466 e. The average molecular weight is 399 g/mol. The van der Waals surface area contributed by atoms with Gasteiger partial charge in [0.05, 0.1) is 13.0 Å². The van der Waals surface area contributed by atoms with Crippen LogP contribution in [-0.2, 0) is 14.3 Å². The molecule has 4 aliphatic carbocycles. The second-order valence-electron chi connectivity index (χ2n) is 10.9. The Morgan fingerprint density at radius 3 is 2.55 bits per heavy atom. The Balaban J connectivity index is 1.61. The molecule has 29 heavy (non-hydrogen) atoms. The molecule has 3 heteroatoms. The maximum atomic E-state index is 12.6. The molecule has 3 saturated carbocycles. The fraction of sp³-hybridized carbons (Fsp3) is 0.769. The molecule has 0 saturated heterocycles. The van der Waals surface area contributed by atoms with Crippen molar-refractivity contribution in [2.24, 2.45) is 34.0 Å². The maximum absolute atomic E-state index is 12.6. The Labute approximate surface area is 176 Å². The smallest absolute Gasteiger partial charge is 0.309 e. The van der Waals surface area contributed by atoms with E-state index >= 15 is 0 Å². The zero-order chi connectivity index (χ0) is 21.0. The minimum atomic E-state index is -0.293. The van der Waals surface area contributed by atoms with Gasteiger partial charge in [-0.1, -0.05) is 37.1 Å². The van der Waals surface area contributed by atoms with Crippen LogP contribution >= 0.6 is 0 Å². The number of Topliss-reactive ketones (excluding diaryl/α,β-unsaturated/α-hetero) is 1. The minimum Gasteiger partial charge on any atom is -0.466 e. The molecule has 0 unspecified atom stereocenters. The number of fused-ring (bicyclic) bond motifs is 5. The zero-order valence-corrected chi connectivity index (χ0v) is 19.0. The van der Waals surface area contributed by atoms with Crippen molar-refractivity contribution in [3.05, 3.63) is 23.3 Å². The van der Waals surface area contributed by atoms with Crippen LogP contribution in [0.4, 0.5) is 0 Å². The highest BCUT2D eigenvalue weighted by atomic mass is 16.5. The first-order valence-corrected chi connectivity index (χ1v) is 11.7. The van der Waals surface area contributed by atoms with Gasteiger partial charge in [-0.2, -0.15) is 0 Å². The number of hydrogen-bond donors (Lipinski definition) is 0. The van der Waals surface area contributed by atoms with E-state index in [1.807, 2.05) is 6.92 Å². The molecule has 3 nitrogen and oxygen atoms in total. The van der Waals surface area contributed by atoms with Gasteiger partial charge < -0.3 is 4.74 Å². The molecule has 0 heterocycles. The Morgan fingerprint density at radius 1 is 1.10 bits per heavy atom. The van der Waals surface area contributed by atoms with Crippen LogP contribution in [0.3, 0.4) is 0 Å². The van der Waals surface area contributed by atoms with Gasteiger partial charge in [0, 0.05) is 11.8 Å². The van der Waals surface area contributed by atoms with Gasteiger partial charge in [0.1, 0.15) is 5.78 Å². The van der Waals surface area contributed by atoms with Crippen LogP contribution in [0.25, 0.3) is 0 Å². The van der Waals surface area contributed by atoms with Crippen LogP contribution in [0.2, 0.25) is 0 Å². The van der Waals surface area contributed by atoms with Gasteiger partial charge >= 0.3 is 5.97 Å². The fourth-order valence-electron chi connectivity index (χ4n) is 7.83. The lowest BCUT2D eigenvalue weighted by Gasteiger charge is -2.59. The molecule has 0 aliphatic heterocycles. The van der Waals surface area contributed by atoms with E-state index in [2.05, 4.69) is 39.8 Å². The fourth-order valence-corrected chi connectivity index (χ4v) is 7.83. The topological polar surface area (TPSA) is 43.4 Å². The van der Waals surface area contributed by atoms with Gasteiger partial charge in [-0.15, -0.1) is 0 Å². The predicted molar refractivity (Wildman–Crippen MR) is 115 cm³/mol. The number of rotatable bonds is 3. The highest BCUT2D eigenvalue weighted by Gasteiger charge is 2.59. The summed E-state index contributed by atoms with van der Waals surface area (Å²) < 4.78 is 5.14. The number of carbonyl (C=O) groups excluding carboxylic acids is 2. The quantitative estimate of drug-likeness (QED) is 0.430. The van der Waals surface area contributed by atoms with Crippen molar-refractivity contribution >= 4 is 11.8 Å². The second kappa shape index (κ2) is 7.10. The van der Waals surface area contributed by atoms with Crippen LogP contribution < -0.4 is 0 Å². The highest BCUT2D eigenvalue weighted by Crippen LogP contribution is 2.67. The van der Waals surface area contributed by atoms with Crippen LogP contribution in [0.15, 0.2) is 23.3 Å². The van der Waals surface area contributed by atoms with E-state index in [0.717, 1.165) is 25.7 Å². The molecule has 0 aromatic carbocycles. The first-order valence-electron chi connectivity index (χ1n) is 11.7. The summed E-state index contributed by atoms with van der Waals surface area (Å²) >= 11 is 0. The van der Waals surface area contributed by atoms with E-state index < -0.39 is 0 Å². The van der Waals surface area contributed by atoms with Crippen molar-refractivity contribution in [3.8, 4) is 0 Å². The van der Waals surface area contributed by atoms with Crippen LogP contribution in [0.5, 0.6) is 0 Å². The standard InChI is InChI=1S/C26H38O3/c1-6-29-23(28)12-8-17-7-10-19-18-9-11-21-24(2,3)22(27)14-16-26(21,5)20(18)13-15-25(17,19)4/h8,11,18-20H,6-7,9-10,12-16H2,1-5H3/b17-8+/t18-,19-,20-,25+,26+/m0/s1. The van der Waals surface area contributed by atoms with Crippen molar-refractivity contribution in [3.63, 3.8) is 0 Å². The van der Waals surface area contributed by atoms with Crippen molar-refractivity contribution in [1.82, 2.24) is 0 Å². The Kier molecular flexibility index (Phi) is 5.11. The number of hydrogen-bond acceptors (Lipinski definition) is 3. The summed E-state index contributed by atoms with van der Waals surface area (Å²) in [6.07, 6.45) is 12.8. The van der Waals surface area contributed by atoms with Gasteiger partial charge in [0.2, 0.25) is 0 Å². The first-order chi connectivity index (χ1) is 13.6. The summed E-state index contributed by atoms with van der Waals surface area (Å²) in [4.78, 5) is 24.5. The SMILES string of the molecule is CCOC(=O)C/C=C1\CC[C@H]2[C@@H]3CC=C4C(C)(C)C(=O)CC[C@]4(C)[C@H]3CC[C@]12C. The van der Waals surface area contributed by atoms with E-state index in [9.17, 15) is 9.59 Å². The Hall–Kier alpha value is -1.38. The molecule has 160 valence electrons. The van der Waals surface area contributed by atoms with E-state index in [0.29, 0.717) is 36.6 Å².